The van der Waals surface area contributed by atoms with Gasteiger partial charge in [0.2, 0.25) is 11.8 Å². The minimum Gasteiger partial charge on any atom is -0.437 e. The highest BCUT2D eigenvalue weighted by atomic mass is 35.5. The molecule has 6 heteroatoms. The zero-order chi connectivity index (χ0) is 12.3. The number of hydrogen-bond donors (Lipinski definition) is 1. The van der Waals surface area contributed by atoms with Crippen LogP contribution >= 0.6 is 11.6 Å². The van der Waals surface area contributed by atoms with Crippen molar-refractivity contribution in [2.24, 2.45) is 0 Å². The van der Waals surface area contributed by atoms with E-state index in [4.69, 9.17) is 27.3 Å². The van der Waals surface area contributed by atoms with Crippen molar-refractivity contribution >= 4 is 17.5 Å². The van der Waals surface area contributed by atoms with Gasteiger partial charge in [-0.25, -0.2) is 4.98 Å². The molecule has 0 aliphatic carbocycles. The van der Waals surface area contributed by atoms with Crippen LogP contribution < -0.4 is 10.5 Å². The van der Waals surface area contributed by atoms with Crippen molar-refractivity contribution in [3.63, 3.8) is 0 Å². The fraction of sp³-hybridized carbons (Fsp3) is 0. The van der Waals surface area contributed by atoms with Crippen LogP contribution in [-0.2, 0) is 0 Å². The van der Waals surface area contributed by atoms with Crippen LogP contribution in [0.2, 0.25) is 5.02 Å². The normalized spacial score (nSPS) is 9.65. The Morgan fingerprint density at radius 1 is 1.41 bits per heavy atom. The first-order valence-electron chi connectivity index (χ1n) is 4.65. The maximum atomic E-state index is 8.75. The van der Waals surface area contributed by atoms with E-state index in [1.807, 2.05) is 6.07 Å². The molecule has 2 N–H and O–H groups in total. The van der Waals surface area contributed by atoms with Crippen LogP contribution in [0.3, 0.4) is 0 Å². The number of nitriles is 1. The Balaban J connectivity index is 2.31. The molecule has 0 fully saturated rings. The molecule has 0 aliphatic heterocycles. The summed E-state index contributed by atoms with van der Waals surface area (Å²) >= 11 is 5.85. The molecular formula is C11H7ClN4O. The van der Waals surface area contributed by atoms with Gasteiger partial charge in [0.1, 0.15) is 10.8 Å². The molecule has 1 aromatic heterocycles. The lowest BCUT2D eigenvalue weighted by Gasteiger charge is -2.06. The molecule has 0 bridgehead atoms. The van der Waals surface area contributed by atoms with Crippen molar-refractivity contribution in [2.45, 2.75) is 0 Å². The molecule has 0 unspecified atom stereocenters. The number of nitrogens with zero attached hydrogens (tertiary/aromatic N) is 3. The molecule has 1 aromatic carbocycles. The fourth-order valence-corrected chi connectivity index (χ4v) is 1.31. The third-order valence-corrected chi connectivity index (χ3v) is 2.17. The van der Waals surface area contributed by atoms with Gasteiger partial charge in [-0.3, -0.25) is 0 Å². The van der Waals surface area contributed by atoms with Crippen LogP contribution in [0.15, 0.2) is 30.5 Å². The molecule has 2 aromatic rings. The Morgan fingerprint density at radius 3 is 3.00 bits per heavy atom. The summed E-state index contributed by atoms with van der Waals surface area (Å²) in [6, 6.07) is 8.65. The number of anilines is 1. The number of ether oxygens (including phenoxy) is 1. The average Bonchev–Trinajstić information content (AvgIpc) is 2.34. The second kappa shape index (κ2) is 4.68. The standard InChI is InChI=1S/C11H7ClN4O/c12-9-6-15-11(14)16-10(9)17-8-3-1-2-7(4-8)5-13/h1-4,6H,(H2,14,15,16). The van der Waals surface area contributed by atoms with Crippen LogP contribution in [0.1, 0.15) is 5.56 Å². The molecule has 17 heavy (non-hydrogen) atoms. The Kier molecular flexibility index (Phi) is 3.08. The maximum absolute atomic E-state index is 8.75. The first kappa shape index (κ1) is 11.2. The lowest BCUT2D eigenvalue weighted by Crippen LogP contribution is -1.97. The van der Waals surface area contributed by atoms with Gasteiger partial charge in [0.25, 0.3) is 0 Å². The summed E-state index contributed by atoms with van der Waals surface area (Å²) in [6.07, 6.45) is 1.35. The number of hydrogen-bond acceptors (Lipinski definition) is 5. The number of rotatable bonds is 2. The molecule has 0 aliphatic rings. The van der Waals surface area contributed by atoms with Crippen molar-refractivity contribution in [2.75, 3.05) is 5.73 Å². The number of nitrogens with two attached hydrogens (primary N) is 1. The van der Waals surface area contributed by atoms with Gasteiger partial charge in [0.05, 0.1) is 17.8 Å². The first-order valence-corrected chi connectivity index (χ1v) is 5.03. The fourth-order valence-electron chi connectivity index (χ4n) is 1.18. The van der Waals surface area contributed by atoms with E-state index in [9.17, 15) is 0 Å². The average molecular weight is 247 g/mol. The molecule has 0 saturated heterocycles. The van der Waals surface area contributed by atoms with Gasteiger partial charge >= 0.3 is 0 Å². The van der Waals surface area contributed by atoms with Gasteiger partial charge in [-0.05, 0) is 18.2 Å². The summed E-state index contributed by atoms with van der Waals surface area (Å²) in [5.41, 5.74) is 5.91. The van der Waals surface area contributed by atoms with Gasteiger partial charge < -0.3 is 10.5 Å². The zero-order valence-electron chi connectivity index (χ0n) is 8.59. The lowest BCUT2D eigenvalue weighted by molar-refractivity contribution is 0.463. The quantitative estimate of drug-likeness (QED) is 0.879. The number of benzene rings is 1. The molecule has 2 rings (SSSR count). The summed E-state index contributed by atoms with van der Waals surface area (Å²) in [5, 5.41) is 9.00. The summed E-state index contributed by atoms with van der Waals surface area (Å²) in [5.74, 6) is 0.694. The zero-order valence-corrected chi connectivity index (χ0v) is 9.35. The minimum atomic E-state index is 0.0702. The molecule has 0 amide bonds. The molecule has 0 spiro atoms. The Hall–Kier alpha value is -2.32. The van der Waals surface area contributed by atoms with Crippen LogP contribution in [-0.4, -0.2) is 9.97 Å². The molecule has 0 saturated carbocycles. The van der Waals surface area contributed by atoms with Crippen LogP contribution in [0.4, 0.5) is 5.95 Å². The van der Waals surface area contributed by atoms with Gasteiger partial charge in [0.15, 0.2) is 0 Å². The summed E-state index contributed by atoms with van der Waals surface area (Å²) in [4.78, 5) is 7.57. The summed E-state index contributed by atoms with van der Waals surface area (Å²) < 4.78 is 5.42. The third-order valence-electron chi connectivity index (χ3n) is 1.91. The molecule has 0 radical (unpaired) electrons. The third kappa shape index (κ3) is 2.62. The molecule has 84 valence electrons. The minimum absolute atomic E-state index is 0.0702. The Labute approximate surface area is 102 Å². The number of nitrogen functional groups attached to an aromatic ring is 1. The number of halogens is 1. The van der Waals surface area contributed by atoms with Crippen LogP contribution in [0.25, 0.3) is 0 Å². The summed E-state index contributed by atoms with van der Waals surface area (Å²) in [7, 11) is 0. The van der Waals surface area contributed by atoms with Gasteiger partial charge in [-0.1, -0.05) is 17.7 Å². The van der Waals surface area contributed by atoms with E-state index >= 15 is 0 Å². The van der Waals surface area contributed by atoms with E-state index < -0.39 is 0 Å². The number of aromatic nitrogens is 2. The van der Waals surface area contributed by atoms with E-state index in [1.165, 1.54) is 6.20 Å². The largest absolute Gasteiger partial charge is 0.437 e. The maximum Gasteiger partial charge on any atom is 0.243 e. The molecule has 0 atom stereocenters. The van der Waals surface area contributed by atoms with Gasteiger partial charge in [0, 0.05) is 0 Å². The van der Waals surface area contributed by atoms with Crippen molar-refractivity contribution in [3.8, 4) is 17.7 Å². The van der Waals surface area contributed by atoms with Crippen molar-refractivity contribution in [1.29, 1.82) is 5.26 Å². The van der Waals surface area contributed by atoms with E-state index in [0.29, 0.717) is 11.3 Å². The second-order valence-corrected chi connectivity index (χ2v) is 3.53. The Bertz CT molecular complexity index is 594. The lowest BCUT2D eigenvalue weighted by atomic mass is 10.2. The van der Waals surface area contributed by atoms with E-state index in [2.05, 4.69) is 9.97 Å². The first-order chi connectivity index (χ1) is 8.19. The smallest absolute Gasteiger partial charge is 0.243 e. The SMILES string of the molecule is N#Cc1cccc(Oc2nc(N)ncc2Cl)c1. The summed E-state index contributed by atoms with van der Waals surface area (Å²) in [6.45, 7) is 0. The van der Waals surface area contributed by atoms with Crippen LogP contribution in [0, 0.1) is 11.3 Å². The predicted octanol–water partition coefficient (Wildman–Crippen LogP) is 2.38. The topological polar surface area (TPSA) is 84.8 Å². The highest BCUT2D eigenvalue weighted by Gasteiger charge is 2.06. The van der Waals surface area contributed by atoms with Crippen molar-refractivity contribution in [3.05, 3.63) is 41.0 Å². The van der Waals surface area contributed by atoms with Crippen molar-refractivity contribution < 1.29 is 4.74 Å². The van der Waals surface area contributed by atoms with E-state index in [-0.39, 0.29) is 16.9 Å². The molecular weight excluding hydrogens is 240 g/mol. The van der Waals surface area contributed by atoms with Gasteiger partial charge in [-0.2, -0.15) is 10.2 Å². The van der Waals surface area contributed by atoms with E-state index in [0.717, 1.165) is 0 Å². The predicted molar refractivity (Wildman–Crippen MR) is 62.7 cm³/mol. The molecule has 1 heterocycles. The van der Waals surface area contributed by atoms with Crippen molar-refractivity contribution in [1.82, 2.24) is 9.97 Å². The Morgan fingerprint density at radius 2 is 2.24 bits per heavy atom. The highest BCUT2D eigenvalue weighted by molar-refractivity contribution is 6.31. The monoisotopic (exact) mass is 246 g/mol. The van der Waals surface area contributed by atoms with E-state index in [1.54, 1.807) is 24.3 Å². The van der Waals surface area contributed by atoms with Gasteiger partial charge in [-0.15, -0.1) is 0 Å². The van der Waals surface area contributed by atoms with Crippen LogP contribution in [0.5, 0.6) is 11.6 Å². The second-order valence-electron chi connectivity index (χ2n) is 3.12. The highest BCUT2D eigenvalue weighted by Crippen LogP contribution is 2.27. The molecule has 5 nitrogen and oxygen atoms in total.